The van der Waals surface area contributed by atoms with E-state index in [1.54, 1.807) is 18.2 Å². The van der Waals surface area contributed by atoms with Crippen LogP contribution in [0.2, 0.25) is 5.02 Å². The topological polar surface area (TPSA) is 76.7 Å². The number of hydrogen-bond acceptors (Lipinski definition) is 4. The number of carbonyl (C=O) groups is 1. The number of rotatable bonds is 5. The molecule has 1 N–H and O–H groups in total. The molecule has 0 unspecified atom stereocenters. The highest BCUT2D eigenvalue weighted by molar-refractivity contribution is 6.31. The predicted molar refractivity (Wildman–Crippen MR) is 128 cm³/mol. The maximum Gasteiger partial charge on any atom is 0.338 e. The quantitative estimate of drug-likeness (QED) is 0.443. The van der Waals surface area contributed by atoms with E-state index in [2.05, 4.69) is 4.90 Å². The summed E-state index contributed by atoms with van der Waals surface area (Å²) in [7, 11) is 0. The number of hydrogen-bond donors (Lipinski definition) is 1. The summed E-state index contributed by atoms with van der Waals surface area (Å²) in [6.45, 7) is 2.70. The first-order chi connectivity index (χ1) is 16.8. The van der Waals surface area contributed by atoms with Crippen molar-refractivity contribution in [3.05, 3.63) is 92.9 Å². The zero-order valence-electron chi connectivity index (χ0n) is 18.4. The molecule has 35 heavy (non-hydrogen) atoms. The van der Waals surface area contributed by atoms with Crippen LogP contribution in [0.15, 0.2) is 59.4 Å². The zero-order chi connectivity index (χ0) is 24.7. The van der Waals surface area contributed by atoms with Crippen molar-refractivity contribution < 1.29 is 23.4 Å². The van der Waals surface area contributed by atoms with E-state index in [0.717, 1.165) is 30.9 Å². The van der Waals surface area contributed by atoms with Crippen molar-refractivity contribution in [3.63, 3.8) is 0 Å². The summed E-state index contributed by atoms with van der Waals surface area (Å²) in [6.07, 6.45) is 0. The van der Waals surface area contributed by atoms with Gasteiger partial charge >= 0.3 is 11.7 Å². The first-order valence-corrected chi connectivity index (χ1v) is 11.3. The molecule has 1 saturated heterocycles. The Morgan fingerprint density at radius 2 is 1.66 bits per heavy atom. The third-order valence-electron chi connectivity index (χ3n) is 6.03. The molecule has 1 aliphatic rings. The fraction of sp³-hybridized carbons (Fsp3) is 0.200. The SMILES string of the molecule is O=C(O)c1cc(Cn2c(=O)n(-c3ccc(N4CCOCC4)cc3)c3cc(Cl)ccc32)cc(F)c1F. The van der Waals surface area contributed by atoms with Gasteiger partial charge in [0.25, 0.3) is 0 Å². The molecule has 2 heterocycles. The molecule has 5 rings (SSSR count). The van der Waals surface area contributed by atoms with Crippen molar-refractivity contribution in [2.75, 3.05) is 31.2 Å². The number of imidazole rings is 1. The van der Waals surface area contributed by atoms with Crippen LogP contribution >= 0.6 is 11.6 Å². The number of ether oxygens (including phenoxy) is 1. The number of morpholine rings is 1. The van der Waals surface area contributed by atoms with Gasteiger partial charge in [-0.2, -0.15) is 0 Å². The van der Waals surface area contributed by atoms with Gasteiger partial charge in [-0.15, -0.1) is 0 Å². The number of aromatic carboxylic acids is 1. The van der Waals surface area contributed by atoms with Gasteiger partial charge in [0.1, 0.15) is 0 Å². The molecule has 1 aliphatic heterocycles. The van der Waals surface area contributed by atoms with Gasteiger partial charge in [-0.3, -0.25) is 9.13 Å². The summed E-state index contributed by atoms with van der Waals surface area (Å²) in [4.78, 5) is 27.0. The smallest absolute Gasteiger partial charge is 0.338 e. The van der Waals surface area contributed by atoms with Crippen LogP contribution in [-0.2, 0) is 11.3 Å². The zero-order valence-corrected chi connectivity index (χ0v) is 19.1. The third kappa shape index (κ3) is 4.28. The summed E-state index contributed by atoms with van der Waals surface area (Å²) in [5, 5.41) is 9.63. The Kier molecular flexibility index (Phi) is 6.04. The molecule has 0 spiro atoms. The molecule has 4 aromatic rings. The van der Waals surface area contributed by atoms with Crippen LogP contribution in [0.25, 0.3) is 16.7 Å². The van der Waals surface area contributed by atoms with E-state index in [-0.39, 0.29) is 12.1 Å². The Morgan fingerprint density at radius 3 is 2.34 bits per heavy atom. The van der Waals surface area contributed by atoms with Crippen molar-refractivity contribution in [2.45, 2.75) is 6.54 Å². The van der Waals surface area contributed by atoms with E-state index in [0.29, 0.717) is 35.0 Å². The minimum atomic E-state index is -1.59. The summed E-state index contributed by atoms with van der Waals surface area (Å²) in [6, 6.07) is 14.4. The van der Waals surface area contributed by atoms with Gasteiger partial charge in [-0.05, 0) is 60.2 Å². The van der Waals surface area contributed by atoms with Crippen molar-refractivity contribution in [2.24, 2.45) is 0 Å². The highest BCUT2D eigenvalue weighted by atomic mass is 35.5. The minimum absolute atomic E-state index is 0.139. The van der Waals surface area contributed by atoms with Gasteiger partial charge in [-0.1, -0.05) is 11.6 Å². The number of carboxylic acids is 1. The molecule has 3 aromatic carbocycles. The lowest BCUT2D eigenvalue weighted by Gasteiger charge is -2.28. The Bertz CT molecular complexity index is 1490. The molecular weight excluding hydrogens is 480 g/mol. The van der Waals surface area contributed by atoms with E-state index in [1.807, 2.05) is 24.3 Å². The molecule has 180 valence electrons. The van der Waals surface area contributed by atoms with E-state index in [4.69, 9.17) is 16.3 Å². The average molecular weight is 500 g/mol. The molecule has 1 fully saturated rings. The minimum Gasteiger partial charge on any atom is -0.478 e. The van der Waals surface area contributed by atoms with E-state index in [9.17, 15) is 23.5 Å². The van der Waals surface area contributed by atoms with Gasteiger partial charge in [0, 0.05) is 23.8 Å². The van der Waals surface area contributed by atoms with Crippen LogP contribution in [0, 0.1) is 11.6 Å². The summed E-state index contributed by atoms with van der Waals surface area (Å²) < 4.78 is 36.2. The molecule has 10 heteroatoms. The maximum absolute atomic E-state index is 14.1. The van der Waals surface area contributed by atoms with Crippen LogP contribution in [0.1, 0.15) is 15.9 Å². The monoisotopic (exact) mass is 499 g/mol. The molecule has 0 aliphatic carbocycles. The summed E-state index contributed by atoms with van der Waals surface area (Å²) >= 11 is 6.22. The summed E-state index contributed by atoms with van der Waals surface area (Å²) in [5.74, 6) is -4.33. The van der Waals surface area contributed by atoms with Crippen LogP contribution in [-0.4, -0.2) is 46.5 Å². The molecule has 0 saturated carbocycles. The number of benzene rings is 3. The highest BCUT2D eigenvalue weighted by Gasteiger charge is 2.20. The van der Waals surface area contributed by atoms with Crippen molar-refractivity contribution >= 4 is 34.3 Å². The van der Waals surface area contributed by atoms with Gasteiger partial charge in [-0.25, -0.2) is 18.4 Å². The lowest BCUT2D eigenvalue weighted by molar-refractivity contribution is 0.0690. The van der Waals surface area contributed by atoms with Crippen molar-refractivity contribution in [3.8, 4) is 5.69 Å². The van der Waals surface area contributed by atoms with Gasteiger partial charge in [0.15, 0.2) is 11.6 Å². The lowest BCUT2D eigenvalue weighted by Crippen LogP contribution is -2.36. The van der Waals surface area contributed by atoms with Crippen LogP contribution < -0.4 is 10.6 Å². The molecule has 1 aromatic heterocycles. The second kappa shape index (κ2) is 9.16. The molecule has 7 nitrogen and oxygen atoms in total. The fourth-order valence-electron chi connectivity index (χ4n) is 4.34. The van der Waals surface area contributed by atoms with E-state index in [1.165, 1.54) is 9.13 Å². The van der Waals surface area contributed by atoms with E-state index >= 15 is 0 Å². The third-order valence-corrected chi connectivity index (χ3v) is 6.27. The Hall–Kier alpha value is -3.69. The van der Waals surface area contributed by atoms with Crippen molar-refractivity contribution in [1.82, 2.24) is 9.13 Å². The average Bonchev–Trinajstić information content (AvgIpc) is 3.12. The molecular formula is C25H20ClF2N3O4. The normalized spacial score (nSPS) is 14.0. The number of carboxylic acid groups (broad SMARTS) is 1. The largest absolute Gasteiger partial charge is 0.478 e. The Morgan fingerprint density at radius 1 is 0.971 bits per heavy atom. The standard InChI is InChI=1S/C25H20ClF2N3O4/c26-16-1-6-21-22(13-16)31(18-4-2-17(3-5-18)29-7-9-35-10-8-29)25(34)30(21)14-15-11-19(24(32)33)23(28)20(27)12-15/h1-6,11-13H,7-10,14H2,(H,32,33). The Labute approximate surface area is 203 Å². The number of anilines is 1. The first-order valence-electron chi connectivity index (χ1n) is 10.9. The van der Waals surface area contributed by atoms with Crippen molar-refractivity contribution in [1.29, 1.82) is 0 Å². The second-order valence-electron chi connectivity index (χ2n) is 8.20. The fourth-order valence-corrected chi connectivity index (χ4v) is 4.51. The molecule has 0 bridgehead atoms. The number of nitrogens with zero attached hydrogens (tertiary/aromatic N) is 3. The predicted octanol–water partition coefficient (Wildman–Crippen LogP) is 4.31. The number of halogens is 3. The highest BCUT2D eigenvalue weighted by Crippen LogP contribution is 2.25. The second-order valence-corrected chi connectivity index (χ2v) is 8.63. The van der Waals surface area contributed by atoms with Crippen LogP contribution in [0.5, 0.6) is 0 Å². The molecule has 0 radical (unpaired) electrons. The van der Waals surface area contributed by atoms with Gasteiger partial charge < -0.3 is 14.7 Å². The summed E-state index contributed by atoms with van der Waals surface area (Å²) in [5.41, 5.74) is 1.58. The first kappa shape index (κ1) is 23.1. The molecule has 0 amide bonds. The molecule has 0 atom stereocenters. The lowest BCUT2D eigenvalue weighted by atomic mass is 10.1. The van der Waals surface area contributed by atoms with E-state index < -0.39 is 28.9 Å². The van der Waals surface area contributed by atoms with Crippen LogP contribution in [0.3, 0.4) is 0 Å². The van der Waals surface area contributed by atoms with Gasteiger partial charge in [0.2, 0.25) is 0 Å². The van der Waals surface area contributed by atoms with Gasteiger partial charge in [0.05, 0.1) is 42.0 Å². The number of fused-ring (bicyclic) bond motifs is 1. The Balaban J connectivity index is 1.60. The van der Waals surface area contributed by atoms with Crippen LogP contribution in [0.4, 0.5) is 14.5 Å². The number of aromatic nitrogens is 2. The maximum atomic E-state index is 14.1.